The summed E-state index contributed by atoms with van der Waals surface area (Å²) in [5.74, 6) is 1.10. The lowest BCUT2D eigenvalue weighted by molar-refractivity contribution is 0.778. The van der Waals surface area contributed by atoms with Crippen LogP contribution in [0.4, 0.5) is 11.6 Å². The molecule has 0 aliphatic rings. The number of rotatable bonds is 3. The highest BCUT2D eigenvalue weighted by molar-refractivity contribution is 5.42. The molecular formula is C9H12N6O. The number of nitrogens with two attached hydrogens (primary N) is 1. The molecule has 0 spiro atoms. The molecule has 0 radical (unpaired) electrons. The molecule has 0 amide bonds. The third kappa shape index (κ3) is 2.02. The lowest BCUT2D eigenvalue weighted by Gasteiger charge is -2.03. The average Bonchev–Trinajstić information content (AvgIpc) is 2.57. The lowest BCUT2D eigenvalue weighted by Crippen LogP contribution is -2.09. The molecule has 4 N–H and O–H groups in total. The second-order valence-electron chi connectivity index (χ2n) is 3.33. The number of H-pyrrole nitrogens is 1. The van der Waals surface area contributed by atoms with Crippen molar-refractivity contribution >= 4 is 11.6 Å². The smallest absolute Gasteiger partial charge is 0.252 e. The molecular weight excluding hydrogens is 208 g/mol. The summed E-state index contributed by atoms with van der Waals surface area (Å²) in [6.07, 6.45) is 3.02. The van der Waals surface area contributed by atoms with Crippen molar-refractivity contribution in [2.75, 3.05) is 11.1 Å². The van der Waals surface area contributed by atoms with Crippen molar-refractivity contribution in [1.29, 1.82) is 0 Å². The van der Waals surface area contributed by atoms with E-state index in [-0.39, 0.29) is 5.56 Å². The quantitative estimate of drug-likeness (QED) is 0.659. The highest BCUT2D eigenvalue weighted by atomic mass is 16.1. The Morgan fingerprint density at radius 2 is 2.44 bits per heavy atom. The molecule has 2 aromatic heterocycles. The van der Waals surface area contributed by atoms with Crippen LogP contribution in [0, 0.1) is 0 Å². The van der Waals surface area contributed by atoms with Crippen molar-refractivity contribution in [3.8, 4) is 0 Å². The standard InChI is InChI=1S/C9H12N6O/c1-15-9(10)6(4-14-15)3-11-7-2-8(16)13-5-12-7/h2,4-5H,3,10H2,1H3,(H2,11,12,13,16). The van der Waals surface area contributed by atoms with Gasteiger partial charge in [0.25, 0.3) is 5.56 Å². The largest absolute Gasteiger partial charge is 0.384 e. The zero-order valence-corrected chi connectivity index (χ0v) is 8.77. The van der Waals surface area contributed by atoms with E-state index in [1.165, 1.54) is 12.4 Å². The predicted octanol–water partition coefficient (Wildman–Crippen LogP) is -0.302. The molecule has 0 fully saturated rings. The van der Waals surface area contributed by atoms with Gasteiger partial charge in [-0.3, -0.25) is 9.48 Å². The fraction of sp³-hybridized carbons (Fsp3) is 0.222. The number of anilines is 2. The van der Waals surface area contributed by atoms with Gasteiger partial charge in [0.1, 0.15) is 11.6 Å². The minimum Gasteiger partial charge on any atom is -0.384 e. The summed E-state index contributed by atoms with van der Waals surface area (Å²) in [7, 11) is 1.77. The van der Waals surface area contributed by atoms with E-state index in [0.717, 1.165) is 5.56 Å². The Morgan fingerprint density at radius 1 is 1.62 bits per heavy atom. The van der Waals surface area contributed by atoms with E-state index in [1.54, 1.807) is 17.9 Å². The van der Waals surface area contributed by atoms with E-state index >= 15 is 0 Å². The Labute approximate surface area is 91.3 Å². The van der Waals surface area contributed by atoms with Gasteiger partial charge in [0.05, 0.1) is 12.5 Å². The topological polar surface area (TPSA) is 102 Å². The number of nitrogen functional groups attached to an aromatic ring is 1. The van der Waals surface area contributed by atoms with Crippen LogP contribution < -0.4 is 16.6 Å². The van der Waals surface area contributed by atoms with Crippen molar-refractivity contribution in [2.24, 2.45) is 7.05 Å². The third-order valence-corrected chi connectivity index (χ3v) is 2.20. The molecule has 7 nitrogen and oxygen atoms in total. The molecule has 0 aliphatic carbocycles. The first kappa shape index (κ1) is 10.2. The van der Waals surface area contributed by atoms with Gasteiger partial charge >= 0.3 is 0 Å². The summed E-state index contributed by atoms with van der Waals surface area (Å²) < 4.78 is 1.59. The maximum atomic E-state index is 11.0. The van der Waals surface area contributed by atoms with Gasteiger partial charge in [-0.1, -0.05) is 0 Å². The van der Waals surface area contributed by atoms with Crippen molar-refractivity contribution in [2.45, 2.75) is 6.54 Å². The van der Waals surface area contributed by atoms with Gasteiger partial charge in [-0.05, 0) is 0 Å². The first-order valence-corrected chi connectivity index (χ1v) is 4.72. The molecule has 84 valence electrons. The van der Waals surface area contributed by atoms with Gasteiger partial charge in [0, 0.05) is 25.2 Å². The van der Waals surface area contributed by atoms with E-state index in [2.05, 4.69) is 20.4 Å². The number of nitrogens with one attached hydrogen (secondary N) is 2. The number of hydrogen-bond donors (Lipinski definition) is 3. The fourth-order valence-electron chi connectivity index (χ4n) is 1.28. The minimum absolute atomic E-state index is 0.198. The van der Waals surface area contributed by atoms with Gasteiger partial charge in [0.15, 0.2) is 0 Å². The Balaban J connectivity index is 2.08. The highest BCUT2D eigenvalue weighted by Crippen LogP contribution is 2.10. The molecule has 0 saturated carbocycles. The Bertz CT molecular complexity index is 543. The van der Waals surface area contributed by atoms with Gasteiger partial charge in [-0.2, -0.15) is 5.10 Å². The number of aromatic nitrogens is 4. The fourth-order valence-corrected chi connectivity index (χ4v) is 1.28. The maximum Gasteiger partial charge on any atom is 0.252 e. The van der Waals surface area contributed by atoms with Crippen molar-refractivity contribution < 1.29 is 0 Å². The number of nitrogens with zero attached hydrogens (tertiary/aromatic N) is 3. The number of aromatic amines is 1. The third-order valence-electron chi connectivity index (χ3n) is 2.20. The van der Waals surface area contributed by atoms with E-state index in [1.807, 2.05) is 0 Å². The molecule has 2 rings (SSSR count). The first-order chi connectivity index (χ1) is 7.66. The first-order valence-electron chi connectivity index (χ1n) is 4.72. The maximum absolute atomic E-state index is 11.0. The van der Waals surface area contributed by atoms with E-state index in [0.29, 0.717) is 18.2 Å². The van der Waals surface area contributed by atoms with Crippen molar-refractivity contribution in [3.05, 3.63) is 34.5 Å². The van der Waals surface area contributed by atoms with E-state index < -0.39 is 0 Å². The summed E-state index contributed by atoms with van der Waals surface area (Å²) in [6, 6.07) is 1.38. The van der Waals surface area contributed by atoms with Crippen LogP contribution >= 0.6 is 0 Å². The van der Waals surface area contributed by atoms with Crippen molar-refractivity contribution in [3.63, 3.8) is 0 Å². The molecule has 0 atom stereocenters. The van der Waals surface area contributed by atoms with Crippen LogP contribution in [0.5, 0.6) is 0 Å². The van der Waals surface area contributed by atoms with Crippen LogP contribution in [0.3, 0.4) is 0 Å². The molecule has 0 bridgehead atoms. The number of hydrogen-bond acceptors (Lipinski definition) is 5. The second-order valence-corrected chi connectivity index (χ2v) is 3.33. The number of aryl methyl sites for hydroxylation is 1. The van der Waals surface area contributed by atoms with E-state index in [4.69, 9.17) is 5.73 Å². The van der Waals surface area contributed by atoms with Crippen LogP contribution in [0.1, 0.15) is 5.56 Å². The van der Waals surface area contributed by atoms with Crippen LogP contribution in [-0.4, -0.2) is 19.7 Å². The van der Waals surface area contributed by atoms with Gasteiger partial charge in [-0.25, -0.2) is 4.98 Å². The minimum atomic E-state index is -0.198. The molecule has 0 aromatic carbocycles. The molecule has 0 saturated heterocycles. The van der Waals surface area contributed by atoms with Crippen molar-refractivity contribution in [1.82, 2.24) is 19.7 Å². The summed E-state index contributed by atoms with van der Waals surface area (Å²) >= 11 is 0. The van der Waals surface area contributed by atoms with Crippen LogP contribution in [0.25, 0.3) is 0 Å². The van der Waals surface area contributed by atoms with E-state index in [9.17, 15) is 4.79 Å². The summed E-state index contributed by atoms with van der Waals surface area (Å²) in [4.78, 5) is 17.4. The zero-order valence-electron chi connectivity index (χ0n) is 8.77. The zero-order chi connectivity index (χ0) is 11.5. The highest BCUT2D eigenvalue weighted by Gasteiger charge is 2.04. The summed E-state index contributed by atoms with van der Waals surface area (Å²) in [6.45, 7) is 0.482. The van der Waals surface area contributed by atoms with Crippen LogP contribution in [0.15, 0.2) is 23.4 Å². The molecule has 16 heavy (non-hydrogen) atoms. The summed E-state index contributed by atoms with van der Waals surface area (Å²) in [5.41, 5.74) is 6.44. The second kappa shape index (κ2) is 4.05. The molecule has 7 heteroatoms. The average molecular weight is 220 g/mol. The van der Waals surface area contributed by atoms with Gasteiger partial charge in [-0.15, -0.1) is 0 Å². The summed E-state index contributed by atoms with van der Waals surface area (Å²) in [5, 5.41) is 7.00. The Morgan fingerprint density at radius 3 is 3.06 bits per heavy atom. The molecule has 2 aromatic rings. The molecule has 2 heterocycles. The monoisotopic (exact) mass is 220 g/mol. The Kier molecular flexibility index (Phi) is 2.59. The molecule has 0 unspecified atom stereocenters. The normalized spacial score (nSPS) is 10.3. The van der Waals surface area contributed by atoms with Gasteiger partial charge in [0.2, 0.25) is 0 Å². The molecule has 0 aliphatic heterocycles. The van der Waals surface area contributed by atoms with Crippen LogP contribution in [0.2, 0.25) is 0 Å². The SMILES string of the molecule is Cn1ncc(CNc2cc(=O)[nH]cn2)c1N. The lowest BCUT2D eigenvalue weighted by atomic mass is 10.3. The Hall–Kier alpha value is -2.31. The van der Waals surface area contributed by atoms with Gasteiger partial charge < -0.3 is 16.0 Å². The van der Waals surface area contributed by atoms with Crippen LogP contribution in [-0.2, 0) is 13.6 Å². The predicted molar refractivity (Wildman–Crippen MR) is 59.8 cm³/mol.